The topological polar surface area (TPSA) is 38.5 Å². The molecular formula is C16H34N2O. The monoisotopic (exact) mass is 270 g/mol. The zero-order valence-corrected chi connectivity index (χ0v) is 13.1. The van der Waals surface area contributed by atoms with Gasteiger partial charge in [-0.2, -0.15) is 0 Å². The fourth-order valence-electron chi connectivity index (χ4n) is 3.14. The summed E-state index contributed by atoms with van der Waals surface area (Å²) in [6, 6.07) is 0. The summed E-state index contributed by atoms with van der Waals surface area (Å²) in [5.41, 5.74) is 5.70. The summed E-state index contributed by atoms with van der Waals surface area (Å²) in [4.78, 5) is 2.56. The van der Waals surface area contributed by atoms with Gasteiger partial charge in [-0.3, -0.25) is 0 Å². The van der Waals surface area contributed by atoms with Crippen molar-refractivity contribution in [1.29, 1.82) is 0 Å². The van der Waals surface area contributed by atoms with Crippen molar-refractivity contribution in [1.82, 2.24) is 4.90 Å². The molecule has 0 amide bonds. The van der Waals surface area contributed by atoms with Crippen LogP contribution in [0.3, 0.4) is 0 Å². The standard InChI is InChI=1S/C16H34N2O/c1-3-7-15(10-11-17)8-5-12-18(4-2)14-16-9-6-13-19-16/h15-16H,3-14,17H2,1-2H3. The zero-order chi connectivity index (χ0) is 13.9. The van der Waals surface area contributed by atoms with E-state index in [4.69, 9.17) is 10.5 Å². The van der Waals surface area contributed by atoms with Crippen LogP contribution < -0.4 is 5.73 Å². The molecule has 0 aromatic heterocycles. The Hall–Kier alpha value is -0.120. The Bertz CT molecular complexity index is 199. The molecule has 1 aliphatic rings. The van der Waals surface area contributed by atoms with E-state index >= 15 is 0 Å². The van der Waals surface area contributed by atoms with Crippen LogP contribution >= 0.6 is 0 Å². The van der Waals surface area contributed by atoms with Crippen LogP contribution in [0.15, 0.2) is 0 Å². The fourth-order valence-corrected chi connectivity index (χ4v) is 3.14. The first-order valence-corrected chi connectivity index (χ1v) is 8.34. The van der Waals surface area contributed by atoms with E-state index in [0.29, 0.717) is 6.10 Å². The van der Waals surface area contributed by atoms with Crippen LogP contribution in [0.5, 0.6) is 0 Å². The van der Waals surface area contributed by atoms with E-state index < -0.39 is 0 Å². The molecule has 3 nitrogen and oxygen atoms in total. The molecule has 2 unspecified atom stereocenters. The Morgan fingerprint density at radius 2 is 2.11 bits per heavy atom. The lowest BCUT2D eigenvalue weighted by Gasteiger charge is -2.24. The minimum Gasteiger partial charge on any atom is -0.377 e. The van der Waals surface area contributed by atoms with Crippen LogP contribution in [-0.2, 0) is 4.74 Å². The second-order valence-electron chi connectivity index (χ2n) is 5.90. The third-order valence-electron chi connectivity index (χ3n) is 4.29. The van der Waals surface area contributed by atoms with Gasteiger partial charge < -0.3 is 15.4 Å². The van der Waals surface area contributed by atoms with E-state index in [1.165, 1.54) is 51.5 Å². The summed E-state index contributed by atoms with van der Waals surface area (Å²) in [6.07, 6.45) is 9.48. The van der Waals surface area contributed by atoms with E-state index in [0.717, 1.165) is 32.2 Å². The van der Waals surface area contributed by atoms with Gasteiger partial charge in [0, 0.05) is 13.2 Å². The third kappa shape index (κ3) is 7.28. The van der Waals surface area contributed by atoms with Gasteiger partial charge in [0.15, 0.2) is 0 Å². The highest BCUT2D eigenvalue weighted by atomic mass is 16.5. The maximum Gasteiger partial charge on any atom is 0.0702 e. The molecule has 0 radical (unpaired) electrons. The molecule has 0 saturated carbocycles. The van der Waals surface area contributed by atoms with Crippen LogP contribution in [-0.4, -0.2) is 43.8 Å². The van der Waals surface area contributed by atoms with Crippen molar-refractivity contribution in [2.45, 2.75) is 64.9 Å². The smallest absolute Gasteiger partial charge is 0.0702 e. The van der Waals surface area contributed by atoms with Crippen molar-refractivity contribution in [2.24, 2.45) is 11.7 Å². The predicted octanol–water partition coefficient (Wildman–Crippen LogP) is 3.03. The molecule has 3 heteroatoms. The first-order chi connectivity index (χ1) is 9.30. The molecule has 0 aliphatic carbocycles. The van der Waals surface area contributed by atoms with Gasteiger partial charge in [0.05, 0.1) is 6.10 Å². The number of likely N-dealkylation sites (N-methyl/N-ethyl adjacent to an activating group) is 1. The number of nitrogens with zero attached hydrogens (tertiary/aromatic N) is 1. The summed E-state index contributed by atoms with van der Waals surface area (Å²) in [5, 5.41) is 0. The average Bonchev–Trinajstić information content (AvgIpc) is 2.91. The van der Waals surface area contributed by atoms with Crippen molar-refractivity contribution >= 4 is 0 Å². The summed E-state index contributed by atoms with van der Waals surface area (Å²) in [7, 11) is 0. The quantitative estimate of drug-likeness (QED) is 0.627. The van der Waals surface area contributed by atoms with E-state index in [9.17, 15) is 0 Å². The maximum atomic E-state index is 5.73. The largest absolute Gasteiger partial charge is 0.377 e. The zero-order valence-electron chi connectivity index (χ0n) is 13.1. The van der Waals surface area contributed by atoms with Gasteiger partial charge in [-0.15, -0.1) is 0 Å². The number of hydrogen-bond donors (Lipinski definition) is 1. The van der Waals surface area contributed by atoms with Crippen LogP contribution in [0.1, 0.15) is 58.8 Å². The van der Waals surface area contributed by atoms with Gasteiger partial charge in [-0.25, -0.2) is 0 Å². The van der Waals surface area contributed by atoms with Gasteiger partial charge in [0.2, 0.25) is 0 Å². The highest BCUT2D eigenvalue weighted by Crippen LogP contribution is 2.18. The SMILES string of the molecule is CCCC(CCN)CCCN(CC)CC1CCCO1. The number of ether oxygens (including phenoxy) is 1. The molecule has 2 atom stereocenters. The van der Waals surface area contributed by atoms with Gasteiger partial charge in [-0.05, 0) is 57.7 Å². The minimum atomic E-state index is 0.496. The fraction of sp³-hybridized carbons (Fsp3) is 1.00. The molecule has 1 fully saturated rings. The van der Waals surface area contributed by atoms with E-state index in [1.807, 2.05) is 0 Å². The van der Waals surface area contributed by atoms with Crippen molar-refractivity contribution < 1.29 is 4.74 Å². The lowest BCUT2D eigenvalue weighted by atomic mass is 9.94. The highest BCUT2D eigenvalue weighted by molar-refractivity contribution is 4.70. The van der Waals surface area contributed by atoms with Crippen LogP contribution in [0, 0.1) is 5.92 Å². The highest BCUT2D eigenvalue weighted by Gasteiger charge is 2.18. The van der Waals surface area contributed by atoms with Crippen molar-refractivity contribution in [3.63, 3.8) is 0 Å². The Balaban J connectivity index is 2.16. The predicted molar refractivity (Wildman–Crippen MR) is 82.4 cm³/mol. The number of rotatable bonds is 11. The molecule has 1 heterocycles. The van der Waals surface area contributed by atoms with E-state index in [-0.39, 0.29) is 0 Å². The molecular weight excluding hydrogens is 236 g/mol. The molecule has 0 bridgehead atoms. The first-order valence-electron chi connectivity index (χ1n) is 8.34. The molecule has 0 aromatic rings. The second-order valence-corrected chi connectivity index (χ2v) is 5.90. The third-order valence-corrected chi connectivity index (χ3v) is 4.29. The second kappa shape index (κ2) is 10.6. The Morgan fingerprint density at radius 3 is 2.68 bits per heavy atom. The normalized spacial score (nSPS) is 21.2. The summed E-state index contributed by atoms with van der Waals surface area (Å²) >= 11 is 0. The van der Waals surface area contributed by atoms with Crippen molar-refractivity contribution in [3.05, 3.63) is 0 Å². The molecule has 1 saturated heterocycles. The first kappa shape index (κ1) is 16.9. The minimum absolute atomic E-state index is 0.496. The molecule has 19 heavy (non-hydrogen) atoms. The summed E-state index contributed by atoms with van der Waals surface area (Å²) < 4.78 is 5.73. The average molecular weight is 270 g/mol. The van der Waals surface area contributed by atoms with Gasteiger partial charge >= 0.3 is 0 Å². The van der Waals surface area contributed by atoms with Crippen LogP contribution in [0.2, 0.25) is 0 Å². The Labute approximate surface area is 119 Å². The Morgan fingerprint density at radius 1 is 1.26 bits per heavy atom. The van der Waals surface area contributed by atoms with E-state index in [2.05, 4.69) is 18.7 Å². The van der Waals surface area contributed by atoms with Gasteiger partial charge in [0.25, 0.3) is 0 Å². The molecule has 1 aliphatic heterocycles. The molecule has 114 valence electrons. The lowest BCUT2D eigenvalue weighted by Crippen LogP contribution is -2.33. The van der Waals surface area contributed by atoms with E-state index in [1.54, 1.807) is 0 Å². The van der Waals surface area contributed by atoms with Crippen molar-refractivity contribution in [2.75, 3.05) is 32.8 Å². The summed E-state index contributed by atoms with van der Waals surface area (Å²) in [6.45, 7) is 9.86. The number of hydrogen-bond acceptors (Lipinski definition) is 3. The van der Waals surface area contributed by atoms with Crippen LogP contribution in [0.25, 0.3) is 0 Å². The molecule has 0 spiro atoms. The van der Waals surface area contributed by atoms with Crippen molar-refractivity contribution in [3.8, 4) is 0 Å². The maximum absolute atomic E-state index is 5.73. The lowest BCUT2D eigenvalue weighted by molar-refractivity contribution is 0.0738. The molecule has 0 aromatic carbocycles. The molecule has 1 rings (SSSR count). The van der Waals surface area contributed by atoms with Gasteiger partial charge in [-0.1, -0.05) is 26.7 Å². The number of nitrogens with two attached hydrogens (primary N) is 1. The van der Waals surface area contributed by atoms with Crippen LogP contribution in [0.4, 0.5) is 0 Å². The Kier molecular flexibility index (Phi) is 9.48. The van der Waals surface area contributed by atoms with Gasteiger partial charge in [0.1, 0.15) is 0 Å². The molecule has 2 N–H and O–H groups in total. The summed E-state index contributed by atoms with van der Waals surface area (Å²) in [5.74, 6) is 0.844.